The fourth-order valence-corrected chi connectivity index (χ4v) is 5.18. The summed E-state index contributed by atoms with van der Waals surface area (Å²) in [5.74, 6) is -2.26. The lowest BCUT2D eigenvalue weighted by atomic mass is 9.85. The fourth-order valence-electron chi connectivity index (χ4n) is 5.18. The van der Waals surface area contributed by atoms with E-state index in [9.17, 15) is 19.6 Å². The molecule has 1 fully saturated rings. The highest BCUT2D eigenvalue weighted by Gasteiger charge is 2.46. The normalized spacial score (nSPS) is 16.2. The van der Waals surface area contributed by atoms with Gasteiger partial charge in [0, 0.05) is 41.8 Å². The molecule has 8 nitrogen and oxygen atoms in total. The van der Waals surface area contributed by atoms with E-state index < -0.39 is 23.3 Å². The molecule has 1 saturated heterocycles. The zero-order chi connectivity index (χ0) is 25.4. The Bertz CT molecular complexity index is 1480. The summed E-state index contributed by atoms with van der Waals surface area (Å²) in [6.45, 7) is 2.60. The Balaban J connectivity index is 1.55. The third kappa shape index (κ3) is 3.94. The number of nitriles is 1. The SMILES string of the molecule is CCCCC(O)C(=O)CN1CC(CC#N)(n2cc(-c3ncnc4[nH]ccc34)c3ccc(F)c(F)c32)C1. The molecule has 4 heterocycles. The summed E-state index contributed by atoms with van der Waals surface area (Å²) in [5, 5.41) is 21.0. The minimum absolute atomic E-state index is 0.0385. The lowest BCUT2D eigenvalue weighted by Crippen LogP contribution is -2.63. The number of carbonyl (C=O) groups excluding carboxylic acids is 1. The first-order valence-electron chi connectivity index (χ1n) is 12.0. The molecule has 1 aliphatic heterocycles. The Morgan fingerprint density at radius 2 is 2.08 bits per heavy atom. The van der Waals surface area contributed by atoms with E-state index in [2.05, 4.69) is 21.0 Å². The molecule has 1 unspecified atom stereocenters. The number of fused-ring (bicyclic) bond motifs is 2. The van der Waals surface area contributed by atoms with Crippen molar-refractivity contribution >= 4 is 27.7 Å². The van der Waals surface area contributed by atoms with Crippen LogP contribution in [-0.2, 0) is 10.3 Å². The van der Waals surface area contributed by atoms with Crippen molar-refractivity contribution in [3.63, 3.8) is 0 Å². The molecule has 3 aromatic heterocycles. The van der Waals surface area contributed by atoms with Gasteiger partial charge >= 0.3 is 0 Å². The quantitative estimate of drug-likeness (QED) is 0.367. The first-order valence-corrected chi connectivity index (χ1v) is 12.0. The maximum absolute atomic E-state index is 15.3. The van der Waals surface area contributed by atoms with Crippen molar-refractivity contribution in [2.45, 2.75) is 44.2 Å². The highest BCUT2D eigenvalue weighted by Crippen LogP contribution is 2.42. The zero-order valence-electron chi connectivity index (χ0n) is 19.8. The highest BCUT2D eigenvalue weighted by molar-refractivity contribution is 6.02. The second kappa shape index (κ2) is 9.41. The average molecular weight is 493 g/mol. The number of hydrogen-bond acceptors (Lipinski definition) is 6. The standard InChI is InChI=1S/C26H26F2N6O2/c1-2-3-4-20(35)21(36)12-33-13-26(14-33,8-9-29)34-11-18(16-5-6-19(27)22(28)24(16)34)23-17-7-10-30-25(17)32-15-31-23/h5-7,10-11,15,20,35H,2-4,8,12-14H2,1H3,(H,30,31,32). The third-order valence-corrected chi connectivity index (χ3v) is 7.00. The van der Waals surface area contributed by atoms with Crippen molar-refractivity contribution in [1.29, 1.82) is 5.26 Å². The van der Waals surface area contributed by atoms with Gasteiger partial charge in [0.1, 0.15) is 18.1 Å². The molecule has 0 spiro atoms. The number of aromatic nitrogens is 4. The van der Waals surface area contributed by atoms with Crippen molar-refractivity contribution in [3.05, 3.63) is 48.6 Å². The number of nitrogens with zero attached hydrogens (tertiary/aromatic N) is 5. The van der Waals surface area contributed by atoms with Gasteiger partial charge in [0.05, 0.1) is 35.8 Å². The number of H-pyrrole nitrogens is 1. The maximum Gasteiger partial charge on any atom is 0.183 e. The molecular formula is C26H26F2N6O2. The molecule has 1 atom stereocenters. The smallest absolute Gasteiger partial charge is 0.183 e. The molecule has 0 bridgehead atoms. The largest absolute Gasteiger partial charge is 0.385 e. The van der Waals surface area contributed by atoms with E-state index in [1.165, 1.54) is 12.4 Å². The number of carbonyl (C=O) groups is 1. The minimum atomic E-state index is -1.03. The summed E-state index contributed by atoms with van der Waals surface area (Å²) in [7, 11) is 0. The van der Waals surface area contributed by atoms with Crippen molar-refractivity contribution in [2.24, 2.45) is 0 Å². The van der Waals surface area contributed by atoms with Gasteiger partial charge in [-0.15, -0.1) is 0 Å². The Labute approximate surface area is 206 Å². The van der Waals surface area contributed by atoms with Gasteiger partial charge in [0.2, 0.25) is 0 Å². The lowest BCUT2D eigenvalue weighted by molar-refractivity contribution is -0.131. The third-order valence-electron chi connectivity index (χ3n) is 7.00. The summed E-state index contributed by atoms with van der Waals surface area (Å²) < 4.78 is 31.3. The number of unbranched alkanes of at least 4 members (excludes halogenated alkanes) is 1. The van der Waals surface area contributed by atoms with Crippen molar-refractivity contribution in [2.75, 3.05) is 19.6 Å². The molecule has 0 aliphatic carbocycles. The number of likely N-dealkylation sites (tertiary alicyclic amines) is 1. The second-order valence-corrected chi connectivity index (χ2v) is 9.46. The first kappa shape index (κ1) is 24.0. The van der Waals surface area contributed by atoms with Crippen LogP contribution in [0.2, 0.25) is 0 Å². The van der Waals surface area contributed by atoms with E-state index in [-0.39, 0.29) is 37.4 Å². The Morgan fingerprint density at radius 1 is 1.28 bits per heavy atom. The predicted molar refractivity (Wildman–Crippen MR) is 130 cm³/mol. The molecule has 0 radical (unpaired) electrons. The zero-order valence-corrected chi connectivity index (χ0v) is 19.8. The van der Waals surface area contributed by atoms with E-state index in [0.29, 0.717) is 28.7 Å². The van der Waals surface area contributed by atoms with Gasteiger partial charge < -0.3 is 14.7 Å². The Morgan fingerprint density at radius 3 is 2.83 bits per heavy atom. The predicted octanol–water partition coefficient (Wildman–Crippen LogP) is 3.90. The number of Topliss-reactive ketones (excluding diaryl/α,β-unsaturated/α-hetero) is 1. The van der Waals surface area contributed by atoms with Crippen LogP contribution >= 0.6 is 0 Å². The van der Waals surface area contributed by atoms with Crippen molar-refractivity contribution in [3.8, 4) is 17.3 Å². The monoisotopic (exact) mass is 492 g/mol. The fraction of sp³-hybridized carbons (Fsp3) is 0.385. The molecule has 0 saturated carbocycles. The molecule has 186 valence electrons. The molecule has 36 heavy (non-hydrogen) atoms. The molecule has 1 aliphatic rings. The van der Waals surface area contributed by atoms with E-state index in [0.717, 1.165) is 24.3 Å². The van der Waals surface area contributed by atoms with Gasteiger partial charge in [0.25, 0.3) is 0 Å². The molecule has 5 rings (SSSR count). The molecule has 0 amide bonds. The minimum Gasteiger partial charge on any atom is -0.385 e. The van der Waals surface area contributed by atoms with Crippen LogP contribution in [0.15, 0.2) is 36.9 Å². The number of aromatic amines is 1. The summed E-state index contributed by atoms with van der Waals surface area (Å²) in [4.78, 5) is 26.0. The Hall–Kier alpha value is -3.68. The number of halogens is 2. The average Bonchev–Trinajstić information content (AvgIpc) is 3.48. The van der Waals surface area contributed by atoms with E-state index >= 15 is 4.39 Å². The summed E-state index contributed by atoms with van der Waals surface area (Å²) >= 11 is 0. The maximum atomic E-state index is 15.3. The summed E-state index contributed by atoms with van der Waals surface area (Å²) in [6.07, 6.45) is 5.92. The number of nitrogens with one attached hydrogen (secondary N) is 1. The van der Waals surface area contributed by atoms with Crippen LogP contribution in [0.1, 0.15) is 32.6 Å². The van der Waals surface area contributed by atoms with Crippen LogP contribution in [0.4, 0.5) is 8.78 Å². The molecule has 1 aromatic carbocycles. The first-order chi connectivity index (χ1) is 17.4. The van der Waals surface area contributed by atoms with E-state index in [1.54, 1.807) is 17.0 Å². The number of aliphatic hydroxyl groups is 1. The van der Waals surface area contributed by atoms with E-state index in [4.69, 9.17) is 0 Å². The number of benzene rings is 1. The van der Waals surface area contributed by atoms with E-state index in [1.807, 2.05) is 17.9 Å². The summed E-state index contributed by atoms with van der Waals surface area (Å²) in [5.41, 5.74) is 0.965. The Kier molecular flexibility index (Phi) is 6.28. The summed E-state index contributed by atoms with van der Waals surface area (Å²) in [6, 6.07) is 6.60. The van der Waals surface area contributed by atoms with Gasteiger partial charge in [-0.25, -0.2) is 18.7 Å². The van der Waals surface area contributed by atoms with Gasteiger partial charge in [-0.2, -0.15) is 5.26 Å². The van der Waals surface area contributed by atoms with Crippen LogP contribution in [0.5, 0.6) is 0 Å². The number of aliphatic hydroxyl groups excluding tert-OH is 1. The van der Waals surface area contributed by atoms with Gasteiger partial charge in [-0.3, -0.25) is 9.69 Å². The highest BCUT2D eigenvalue weighted by atomic mass is 19.2. The molecule has 10 heteroatoms. The molecular weight excluding hydrogens is 466 g/mol. The van der Waals surface area contributed by atoms with Crippen LogP contribution in [0, 0.1) is 23.0 Å². The van der Waals surface area contributed by atoms with Gasteiger partial charge in [-0.05, 0) is 24.6 Å². The van der Waals surface area contributed by atoms with Gasteiger partial charge in [-0.1, -0.05) is 19.8 Å². The van der Waals surface area contributed by atoms with Crippen molar-refractivity contribution < 1.29 is 18.7 Å². The van der Waals surface area contributed by atoms with Crippen LogP contribution in [0.25, 0.3) is 33.2 Å². The molecule has 2 N–H and O–H groups in total. The number of rotatable bonds is 9. The second-order valence-electron chi connectivity index (χ2n) is 9.46. The van der Waals surface area contributed by atoms with Crippen LogP contribution in [-0.4, -0.2) is 61.0 Å². The van der Waals surface area contributed by atoms with Crippen LogP contribution < -0.4 is 0 Å². The van der Waals surface area contributed by atoms with Crippen molar-refractivity contribution in [1.82, 2.24) is 24.4 Å². The number of hydrogen-bond donors (Lipinski definition) is 2. The van der Waals surface area contributed by atoms with Gasteiger partial charge in [0.15, 0.2) is 17.4 Å². The number of ketones is 1. The topological polar surface area (TPSA) is 111 Å². The van der Waals surface area contributed by atoms with Crippen LogP contribution in [0.3, 0.4) is 0 Å². The lowest BCUT2D eigenvalue weighted by Gasteiger charge is -2.50. The molecule has 4 aromatic rings.